The molecular weight excluding hydrogens is 394 g/mol. The molecule has 2 heterocycles. The molecule has 1 aliphatic heterocycles. The zero-order valence-electron chi connectivity index (χ0n) is 14.3. The van der Waals surface area contributed by atoms with Crippen LogP contribution in [0.15, 0.2) is 39.9 Å². The molecule has 9 nitrogen and oxygen atoms in total. The summed E-state index contributed by atoms with van der Waals surface area (Å²) in [5.41, 5.74) is -0.0855. The van der Waals surface area contributed by atoms with Gasteiger partial charge in [0.2, 0.25) is 5.91 Å². The van der Waals surface area contributed by atoms with Gasteiger partial charge in [0, 0.05) is 18.7 Å². The number of nitro benzene ring substituents is 1. The number of sulfonamides is 1. The van der Waals surface area contributed by atoms with E-state index in [1.165, 1.54) is 35.7 Å². The van der Waals surface area contributed by atoms with E-state index >= 15 is 0 Å². The van der Waals surface area contributed by atoms with E-state index in [0.29, 0.717) is 12.8 Å². The number of rotatable bonds is 6. The number of carbonyl (C=O) groups is 1. The fourth-order valence-electron chi connectivity index (χ4n) is 2.94. The van der Waals surface area contributed by atoms with Gasteiger partial charge in [-0.05, 0) is 30.4 Å². The SMILES string of the molecule is COc1ccc([N+](=O)[O-])cc1NC(=O)[C@H]1CCCN1S(=O)(=O)c1cccs1. The highest BCUT2D eigenvalue weighted by Crippen LogP contribution is 2.32. The molecule has 27 heavy (non-hydrogen) atoms. The molecule has 0 aliphatic carbocycles. The predicted octanol–water partition coefficient (Wildman–Crippen LogP) is 2.46. The van der Waals surface area contributed by atoms with E-state index in [1.807, 2.05) is 0 Å². The molecule has 1 saturated heterocycles. The minimum atomic E-state index is -3.77. The van der Waals surface area contributed by atoms with E-state index in [1.54, 1.807) is 11.4 Å². The highest BCUT2D eigenvalue weighted by atomic mass is 32.2. The molecular formula is C16H17N3O6S2. The molecule has 1 aromatic carbocycles. The van der Waals surface area contributed by atoms with Crippen LogP contribution in [0.25, 0.3) is 0 Å². The fraction of sp³-hybridized carbons (Fsp3) is 0.312. The molecule has 0 saturated carbocycles. The second-order valence-corrected chi connectivity index (χ2v) is 8.90. The van der Waals surface area contributed by atoms with Crippen molar-refractivity contribution in [2.45, 2.75) is 23.1 Å². The van der Waals surface area contributed by atoms with Crippen molar-refractivity contribution >= 4 is 38.6 Å². The maximum absolute atomic E-state index is 12.8. The van der Waals surface area contributed by atoms with Gasteiger partial charge in [-0.15, -0.1) is 11.3 Å². The van der Waals surface area contributed by atoms with Crippen molar-refractivity contribution in [3.63, 3.8) is 0 Å². The number of hydrogen-bond donors (Lipinski definition) is 1. The van der Waals surface area contributed by atoms with Crippen LogP contribution in [0.2, 0.25) is 0 Å². The zero-order chi connectivity index (χ0) is 19.6. The minimum Gasteiger partial charge on any atom is -0.495 e. The van der Waals surface area contributed by atoms with Gasteiger partial charge >= 0.3 is 0 Å². The van der Waals surface area contributed by atoms with Gasteiger partial charge in [0.25, 0.3) is 15.7 Å². The lowest BCUT2D eigenvalue weighted by Crippen LogP contribution is -2.42. The molecule has 11 heteroatoms. The number of hydrogen-bond acceptors (Lipinski definition) is 7. The number of nitro groups is 1. The summed E-state index contributed by atoms with van der Waals surface area (Å²) >= 11 is 1.09. The number of thiophene rings is 1. The number of methoxy groups -OCH3 is 1. The summed E-state index contributed by atoms with van der Waals surface area (Å²) in [4.78, 5) is 23.1. The number of nitrogens with zero attached hydrogens (tertiary/aromatic N) is 2. The second kappa shape index (κ2) is 7.62. The maximum Gasteiger partial charge on any atom is 0.271 e. The summed E-state index contributed by atoms with van der Waals surface area (Å²) in [7, 11) is -2.39. The third-order valence-electron chi connectivity index (χ3n) is 4.22. The fourth-order valence-corrected chi connectivity index (χ4v) is 5.71. The molecule has 1 N–H and O–H groups in total. The number of nitrogens with one attached hydrogen (secondary N) is 1. The Morgan fingerprint density at radius 2 is 2.19 bits per heavy atom. The quantitative estimate of drug-likeness (QED) is 0.576. The molecule has 144 valence electrons. The number of carbonyl (C=O) groups excluding carboxylic acids is 1. The smallest absolute Gasteiger partial charge is 0.271 e. The Bertz CT molecular complexity index is 959. The highest BCUT2D eigenvalue weighted by molar-refractivity contribution is 7.91. The predicted molar refractivity (Wildman–Crippen MR) is 99.5 cm³/mol. The zero-order valence-corrected chi connectivity index (χ0v) is 16.0. The van der Waals surface area contributed by atoms with Crippen molar-refractivity contribution in [1.82, 2.24) is 4.31 Å². The molecule has 3 rings (SSSR count). The monoisotopic (exact) mass is 411 g/mol. The molecule has 0 bridgehead atoms. The lowest BCUT2D eigenvalue weighted by atomic mass is 10.2. The number of amides is 1. The van der Waals surface area contributed by atoms with Gasteiger partial charge in [-0.3, -0.25) is 14.9 Å². The lowest BCUT2D eigenvalue weighted by Gasteiger charge is -2.23. The highest BCUT2D eigenvalue weighted by Gasteiger charge is 2.40. The van der Waals surface area contributed by atoms with E-state index < -0.39 is 26.9 Å². The van der Waals surface area contributed by atoms with E-state index in [2.05, 4.69) is 5.32 Å². The van der Waals surface area contributed by atoms with Crippen LogP contribution in [0.1, 0.15) is 12.8 Å². The van der Waals surface area contributed by atoms with Gasteiger partial charge in [0.1, 0.15) is 16.0 Å². The second-order valence-electron chi connectivity index (χ2n) is 5.84. The van der Waals surface area contributed by atoms with E-state index in [9.17, 15) is 23.3 Å². The molecule has 1 atom stereocenters. The normalized spacial score (nSPS) is 17.6. The van der Waals surface area contributed by atoms with Gasteiger partial charge in [0.15, 0.2) is 0 Å². The molecule has 2 aromatic rings. The van der Waals surface area contributed by atoms with Crippen LogP contribution >= 0.6 is 11.3 Å². The van der Waals surface area contributed by atoms with Crippen LogP contribution in [-0.2, 0) is 14.8 Å². The van der Waals surface area contributed by atoms with Gasteiger partial charge in [0.05, 0.1) is 17.7 Å². The number of benzene rings is 1. The third kappa shape index (κ3) is 3.80. The molecule has 1 aliphatic rings. The molecule has 0 radical (unpaired) electrons. The van der Waals surface area contributed by atoms with Crippen LogP contribution < -0.4 is 10.1 Å². The Labute approximate surface area is 159 Å². The Morgan fingerprint density at radius 3 is 2.81 bits per heavy atom. The van der Waals surface area contributed by atoms with Gasteiger partial charge in [-0.1, -0.05) is 6.07 Å². The van der Waals surface area contributed by atoms with Crippen LogP contribution in [0.4, 0.5) is 11.4 Å². The lowest BCUT2D eigenvalue weighted by molar-refractivity contribution is -0.384. The summed E-state index contributed by atoms with van der Waals surface area (Å²) in [5, 5.41) is 15.2. The first-order valence-electron chi connectivity index (χ1n) is 8.03. The number of non-ortho nitro benzene ring substituents is 1. The van der Waals surface area contributed by atoms with Crippen LogP contribution in [0.3, 0.4) is 0 Å². The van der Waals surface area contributed by atoms with Gasteiger partial charge in [-0.2, -0.15) is 4.31 Å². The average molecular weight is 411 g/mol. The van der Waals surface area contributed by atoms with E-state index in [-0.39, 0.29) is 27.9 Å². The van der Waals surface area contributed by atoms with Crippen molar-refractivity contribution in [1.29, 1.82) is 0 Å². The molecule has 0 spiro atoms. The topological polar surface area (TPSA) is 119 Å². The van der Waals surface area contributed by atoms with Gasteiger partial charge < -0.3 is 10.1 Å². The standard InChI is InChI=1S/C16H17N3O6S2/c1-25-14-7-6-11(19(21)22)10-12(14)17-16(20)13-4-2-8-18(13)27(23,24)15-5-3-9-26-15/h3,5-7,9-10,13H,2,4,8H2,1H3,(H,17,20)/t13-/m1/s1. The van der Waals surface area contributed by atoms with Crippen LogP contribution in [0.5, 0.6) is 5.75 Å². The molecule has 0 unspecified atom stereocenters. The Balaban J connectivity index is 1.86. The first-order chi connectivity index (χ1) is 12.8. The van der Waals surface area contributed by atoms with Crippen molar-refractivity contribution in [2.24, 2.45) is 0 Å². The van der Waals surface area contributed by atoms with Crippen molar-refractivity contribution < 1.29 is 22.9 Å². The number of ether oxygens (including phenoxy) is 1. The molecule has 1 amide bonds. The first-order valence-corrected chi connectivity index (χ1v) is 10.3. The number of anilines is 1. The first kappa shape index (κ1) is 19.3. The molecule has 1 aromatic heterocycles. The van der Waals surface area contributed by atoms with E-state index in [0.717, 1.165) is 11.3 Å². The minimum absolute atomic E-state index is 0.122. The van der Waals surface area contributed by atoms with E-state index in [4.69, 9.17) is 4.74 Å². The molecule has 1 fully saturated rings. The average Bonchev–Trinajstić information content (AvgIpc) is 3.33. The summed E-state index contributed by atoms with van der Waals surface area (Å²) in [6.45, 7) is 0.240. The van der Waals surface area contributed by atoms with Gasteiger partial charge in [-0.25, -0.2) is 8.42 Å². The van der Waals surface area contributed by atoms with Crippen molar-refractivity contribution in [2.75, 3.05) is 19.0 Å². The Morgan fingerprint density at radius 1 is 1.41 bits per heavy atom. The Kier molecular flexibility index (Phi) is 5.44. The summed E-state index contributed by atoms with van der Waals surface area (Å²) in [5.74, 6) is -0.300. The summed E-state index contributed by atoms with van der Waals surface area (Å²) in [6.07, 6.45) is 0.919. The Hall–Kier alpha value is -2.50. The van der Waals surface area contributed by atoms with Crippen molar-refractivity contribution in [3.05, 3.63) is 45.8 Å². The summed E-state index contributed by atoms with van der Waals surface area (Å²) in [6, 6.07) is 6.07. The maximum atomic E-state index is 12.8. The largest absolute Gasteiger partial charge is 0.495 e. The third-order valence-corrected chi connectivity index (χ3v) is 7.50. The van der Waals surface area contributed by atoms with Crippen LogP contribution in [-0.4, -0.2) is 43.2 Å². The summed E-state index contributed by atoms with van der Waals surface area (Å²) < 4.78 is 32.0. The van der Waals surface area contributed by atoms with Crippen LogP contribution in [0, 0.1) is 10.1 Å². The van der Waals surface area contributed by atoms with Crippen molar-refractivity contribution in [3.8, 4) is 5.75 Å².